The summed E-state index contributed by atoms with van der Waals surface area (Å²) in [5.74, 6) is -0.0387. The second kappa shape index (κ2) is 5.32. The number of rotatable bonds is 3. The lowest BCUT2D eigenvalue weighted by atomic mass is 10.00. The van der Waals surface area contributed by atoms with Crippen molar-refractivity contribution in [2.75, 3.05) is 0 Å². The predicted molar refractivity (Wildman–Crippen MR) is 57.8 cm³/mol. The summed E-state index contributed by atoms with van der Waals surface area (Å²) in [7, 11) is 0. The molecule has 1 aromatic rings. The van der Waals surface area contributed by atoms with E-state index >= 15 is 0 Å². The second-order valence-electron chi connectivity index (χ2n) is 2.88. The van der Waals surface area contributed by atoms with Gasteiger partial charge in [-0.3, -0.25) is 9.59 Å². The van der Waals surface area contributed by atoms with E-state index in [4.69, 9.17) is 0 Å². The molecule has 0 heterocycles. The number of Topliss-reactive ketones (excluding diaryl/α,β-unsaturated/α-hetero) is 2. The Morgan fingerprint density at radius 2 is 1.64 bits per heavy atom. The van der Waals surface area contributed by atoms with Gasteiger partial charge in [0, 0.05) is 17.5 Å². The van der Waals surface area contributed by atoms with Crippen molar-refractivity contribution >= 4 is 11.6 Å². The Bertz CT molecular complexity index is 340. The zero-order chi connectivity index (χ0) is 9.84. The molecule has 0 fully saturated rings. The van der Waals surface area contributed by atoms with Gasteiger partial charge in [0.1, 0.15) is 0 Å². The van der Waals surface area contributed by atoms with Crippen LogP contribution in [0.25, 0.3) is 0 Å². The third kappa shape index (κ3) is 2.52. The van der Waals surface area contributed by atoms with Crippen LogP contribution in [-0.4, -0.2) is 11.6 Å². The van der Waals surface area contributed by atoms with E-state index in [-0.39, 0.29) is 19.0 Å². The van der Waals surface area contributed by atoms with Gasteiger partial charge in [-0.05, 0) is 6.92 Å². The molecule has 0 radical (unpaired) electrons. The lowest BCUT2D eigenvalue weighted by Gasteiger charge is -2.02. The molecular weight excluding hydrogens is 176 g/mol. The average molecular weight is 192 g/mol. The third-order valence-electron chi connectivity index (χ3n) is 1.93. The summed E-state index contributed by atoms with van der Waals surface area (Å²) >= 11 is 0. The highest BCUT2D eigenvalue weighted by Gasteiger charge is 2.11. The molecule has 0 aliphatic heterocycles. The molecule has 0 N–H and O–H groups in total. The van der Waals surface area contributed by atoms with Crippen LogP contribution in [-0.2, 0) is 0 Å². The lowest BCUT2D eigenvalue weighted by molar-refractivity contribution is 0.0966. The van der Waals surface area contributed by atoms with Crippen LogP contribution in [0.5, 0.6) is 0 Å². The zero-order valence-electron chi connectivity index (χ0n) is 7.83. The normalized spacial score (nSPS) is 9.00. The highest BCUT2D eigenvalue weighted by molar-refractivity contribution is 6.07. The Morgan fingerprint density at radius 3 is 2.07 bits per heavy atom. The molecule has 0 unspecified atom stereocenters. The molecule has 76 valence electrons. The number of carbonyl (C=O) groups excluding carboxylic acids is 2. The average Bonchev–Trinajstić information content (AvgIpc) is 2.16. The van der Waals surface area contributed by atoms with Crippen LogP contribution in [0.4, 0.5) is 0 Å². The first kappa shape index (κ1) is 12.6. The van der Waals surface area contributed by atoms with Crippen molar-refractivity contribution in [1.82, 2.24) is 0 Å². The maximum absolute atomic E-state index is 11.4. The summed E-state index contributed by atoms with van der Waals surface area (Å²) in [6.07, 6.45) is 0.435. The van der Waals surface area contributed by atoms with Crippen LogP contribution >= 0.6 is 0 Å². The Morgan fingerprint density at radius 1 is 1.14 bits per heavy atom. The Balaban J connectivity index is 0.00000169. The Labute approximate surface area is 84.9 Å². The van der Waals surface area contributed by atoms with Crippen molar-refractivity contribution in [2.45, 2.75) is 27.7 Å². The zero-order valence-corrected chi connectivity index (χ0v) is 7.83. The van der Waals surface area contributed by atoms with Crippen LogP contribution in [0.3, 0.4) is 0 Å². The number of hydrogen-bond donors (Lipinski definition) is 0. The number of benzene rings is 1. The molecule has 0 bridgehead atoms. The second-order valence-corrected chi connectivity index (χ2v) is 2.88. The van der Waals surface area contributed by atoms with Crippen LogP contribution in [0.1, 0.15) is 48.4 Å². The first-order valence-corrected chi connectivity index (χ1v) is 4.30. The number of carbonyl (C=O) groups is 2. The van der Waals surface area contributed by atoms with E-state index in [0.717, 1.165) is 0 Å². The van der Waals surface area contributed by atoms with E-state index in [2.05, 4.69) is 0 Å². The molecular formula is C12H16O2. The van der Waals surface area contributed by atoms with Gasteiger partial charge in [-0.1, -0.05) is 38.6 Å². The topological polar surface area (TPSA) is 34.1 Å². The summed E-state index contributed by atoms with van der Waals surface area (Å²) in [4.78, 5) is 22.5. The van der Waals surface area contributed by atoms with Crippen molar-refractivity contribution in [3.05, 3.63) is 35.4 Å². The first-order chi connectivity index (χ1) is 6.16. The van der Waals surface area contributed by atoms with E-state index in [0.29, 0.717) is 17.5 Å². The van der Waals surface area contributed by atoms with Gasteiger partial charge in [0.05, 0.1) is 0 Å². The van der Waals surface area contributed by atoms with Crippen molar-refractivity contribution in [1.29, 1.82) is 0 Å². The van der Waals surface area contributed by atoms with E-state index in [9.17, 15) is 9.59 Å². The quantitative estimate of drug-likeness (QED) is 0.689. The minimum Gasteiger partial charge on any atom is -0.294 e. The molecule has 0 aliphatic carbocycles. The van der Waals surface area contributed by atoms with Gasteiger partial charge in [0.2, 0.25) is 0 Å². The van der Waals surface area contributed by atoms with Gasteiger partial charge in [0.25, 0.3) is 0 Å². The molecule has 1 aromatic carbocycles. The molecule has 14 heavy (non-hydrogen) atoms. The van der Waals surface area contributed by atoms with E-state index in [1.807, 2.05) is 0 Å². The van der Waals surface area contributed by atoms with Gasteiger partial charge in [0.15, 0.2) is 11.6 Å². The summed E-state index contributed by atoms with van der Waals surface area (Å²) in [6, 6.07) is 6.92. The highest BCUT2D eigenvalue weighted by Crippen LogP contribution is 2.11. The van der Waals surface area contributed by atoms with Crippen molar-refractivity contribution in [3.8, 4) is 0 Å². The molecule has 0 atom stereocenters. The first-order valence-electron chi connectivity index (χ1n) is 4.30. The SMILES string of the molecule is C.CCC(=O)c1ccccc1C(C)=O. The molecule has 2 heteroatoms. The van der Waals surface area contributed by atoms with E-state index in [1.54, 1.807) is 31.2 Å². The minimum atomic E-state index is -0.0580. The molecule has 2 nitrogen and oxygen atoms in total. The fraction of sp³-hybridized carbons (Fsp3) is 0.333. The minimum absolute atomic E-state index is 0. The molecule has 0 aliphatic rings. The number of hydrogen-bond acceptors (Lipinski definition) is 2. The summed E-state index contributed by atoms with van der Waals surface area (Å²) < 4.78 is 0. The number of ketones is 2. The van der Waals surface area contributed by atoms with Gasteiger partial charge < -0.3 is 0 Å². The molecule has 0 amide bonds. The van der Waals surface area contributed by atoms with Gasteiger partial charge in [-0.25, -0.2) is 0 Å². The maximum Gasteiger partial charge on any atom is 0.163 e. The predicted octanol–water partition coefficient (Wildman–Crippen LogP) is 3.12. The van der Waals surface area contributed by atoms with Gasteiger partial charge >= 0.3 is 0 Å². The Kier molecular flexibility index (Phi) is 4.78. The Hall–Kier alpha value is -1.44. The molecule has 0 saturated heterocycles. The van der Waals surface area contributed by atoms with Crippen LogP contribution < -0.4 is 0 Å². The van der Waals surface area contributed by atoms with Crippen LogP contribution in [0, 0.1) is 0 Å². The monoisotopic (exact) mass is 192 g/mol. The van der Waals surface area contributed by atoms with Crippen molar-refractivity contribution in [2.24, 2.45) is 0 Å². The largest absolute Gasteiger partial charge is 0.294 e. The highest BCUT2D eigenvalue weighted by atomic mass is 16.1. The van der Waals surface area contributed by atoms with Crippen molar-refractivity contribution in [3.63, 3.8) is 0 Å². The van der Waals surface area contributed by atoms with Crippen molar-refractivity contribution < 1.29 is 9.59 Å². The van der Waals surface area contributed by atoms with Gasteiger partial charge in [-0.2, -0.15) is 0 Å². The summed E-state index contributed by atoms with van der Waals surface area (Å²) in [6.45, 7) is 3.26. The maximum atomic E-state index is 11.4. The molecule has 0 aromatic heterocycles. The fourth-order valence-corrected chi connectivity index (χ4v) is 1.22. The van der Waals surface area contributed by atoms with Gasteiger partial charge in [-0.15, -0.1) is 0 Å². The standard InChI is InChI=1S/C11H12O2.CH4/c1-3-11(13)10-7-5-4-6-9(10)8(2)12;/h4-7H,3H2,1-2H3;1H4. The molecule has 0 spiro atoms. The van der Waals surface area contributed by atoms with Crippen LogP contribution in [0.15, 0.2) is 24.3 Å². The van der Waals surface area contributed by atoms with E-state index in [1.165, 1.54) is 6.92 Å². The summed E-state index contributed by atoms with van der Waals surface area (Å²) in [5, 5.41) is 0. The fourth-order valence-electron chi connectivity index (χ4n) is 1.22. The third-order valence-corrected chi connectivity index (χ3v) is 1.93. The molecule has 0 saturated carbocycles. The smallest absolute Gasteiger partial charge is 0.163 e. The van der Waals surface area contributed by atoms with E-state index < -0.39 is 0 Å². The van der Waals surface area contributed by atoms with Crippen LogP contribution in [0.2, 0.25) is 0 Å². The summed E-state index contributed by atoms with van der Waals surface area (Å²) in [5.41, 5.74) is 1.06. The molecule has 1 rings (SSSR count). The lowest BCUT2D eigenvalue weighted by Crippen LogP contribution is -2.05.